The lowest BCUT2D eigenvalue weighted by Gasteiger charge is -2.34. The van der Waals surface area contributed by atoms with Gasteiger partial charge in [0.15, 0.2) is 0 Å². The number of benzene rings is 3. The number of hydrogen-bond donors (Lipinski definition) is 3. The van der Waals surface area contributed by atoms with Crippen LogP contribution in [0.25, 0.3) is 10.8 Å². The largest absolute Gasteiger partial charge is 0.384 e. The van der Waals surface area contributed by atoms with Crippen LogP contribution in [0.1, 0.15) is 43.2 Å². The number of amidine groups is 1. The standard InChI is InChI=1S/C28H32N4O3S/c29-27(30)23-10-5-6-19(16-23)17-25(28(33)32-15-14-21-8-3-4-11-26(21)32)31-36(34,35)24-13-12-20-7-1-2-9-22(20)18-24/h1-2,5-7,9-10,12-13,16,18,21,25-26,31H,3-4,8,11,14-15,17H2,(H3,29,30)/t21-,25-,26+/m0/s1. The Morgan fingerprint density at radius 2 is 1.78 bits per heavy atom. The van der Waals surface area contributed by atoms with Crippen LogP contribution in [-0.4, -0.2) is 43.7 Å². The number of nitrogens with one attached hydrogen (secondary N) is 2. The maximum atomic E-state index is 13.9. The number of carbonyl (C=O) groups is 1. The minimum atomic E-state index is -3.97. The van der Waals surface area contributed by atoms with Crippen LogP contribution in [-0.2, 0) is 21.2 Å². The second-order valence-corrected chi connectivity index (χ2v) is 11.6. The molecular weight excluding hydrogens is 472 g/mol. The summed E-state index contributed by atoms with van der Waals surface area (Å²) in [6.07, 6.45) is 5.54. The number of amides is 1. The molecule has 3 atom stereocenters. The third-order valence-electron chi connectivity index (χ3n) is 7.60. The molecule has 0 radical (unpaired) electrons. The summed E-state index contributed by atoms with van der Waals surface area (Å²) in [5, 5.41) is 9.52. The first-order chi connectivity index (χ1) is 17.3. The number of nitrogen functional groups attached to an aromatic ring is 1. The Labute approximate surface area is 212 Å². The van der Waals surface area contributed by atoms with Crippen LogP contribution < -0.4 is 10.5 Å². The predicted octanol–water partition coefficient (Wildman–Crippen LogP) is 3.80. The van der Waals surface area contributed by atoms with Crippen molar-refractivity contribution < 1.29 is 13.2 Å². The molecule has 2 fully saturated rings. The fourth-order valence-electron chi connectivity index (χ4n) is 5.75. The van der Waals surface area contributed by atoms with Crippen molar-refractivity contribution >= 4 is 32.5 Å². The number of nitrogens with two attached hydrogens (primary N) is 1. The molecule has 1 amide bonds. The number of likely N-dealkylation sites (tertiary alicyclic amines) is 1. The Kier molecular flexibility index (Phi) is 6.81. The molecule has 1 heterocycles. The lowest BCUT2D eigenvalue weighted by atomic mass is 9.85. The van der Waals surface area contributed by atoms with Crippen LogP contribution in [0.15, 0.2) is 71.6 Å². The summed E-state index contributed by atoms with van der Waals surface area (Å²) >= 11 is 0. The molecule has 0 aromatic heterocycles. The minimum absolute atomic E-state index is 0.0685. The van der Waals surface area contributed by atoms with E-state index in [2.05, 4.69) is 4.72 Å². The Balaban J connectivity index is 1.46. The summed E-state index contributed by atoms with van der Waals surface area (Å²) in [6, 6.07) is 18.9. The summed E-state index contributed by atoms with van der Waals surface area (Å²) < 4.78 is 29.8. The molecule has 5 rings (SSSR count). The first-order valence-electron chi connectivity index (χ1n) is 12.6. The van der Waals surface area contributed by atoms with E-state index >= 15 is 0 Å². The SMILES string of the molecule is N=C(N)c1cccc(C[C@H](NS(=O)(=O)c2ccc3ccccc3c2)C(=O)N2CC[C@@H]3CCCC[C@H]32)c1. The summed E-state index contributed by atoms with van der Waals surface area (Å²) in [5.41, 5.74) is 6.96. The number of sulfonamides is 1. The van der Waals surface area contributed by atoms with E-state index in [9.17, 15) is 13.2 Å². The zero-order valence-corrected chi connectivity index (χ0v) is 21.0. The molecule has 1 aliphatic carbocycles. The van der Waals surface area contributed by atoms with Crippen molar-refractivity contribution in [2.24, 2.45) is 11.7 Å². The number of hydrogen-bond acceptors (Lipinski definition) is 4. The van der Waals surface area contributed by atoms with Crippen LogP contribution >= 0.6 is 0 Å². The van der Waals surface area contributed by atoms with Crippen molar-refractivity contribution in [3.8, 4) is 0 Å². The topological polar surface area (TPSA) is 116 Å². The third kappa shape index (κ3) is 5.01. The van der Waals surface area contributed by atoms with Crippen molar-refractivity contribution in [2.45, 2.75) is 55.5 Å². The van der Waals surface area contributed by atoms with Gasteiger partial charge < -0.3 is 10.6 Å². The van der Waals surface area contributed by atoms with Gasteiger partial charge in [-0.3, -0.25) is 10.2 Å². The lowest BCUT2D eigenvalue weighted by Crippen LogP contribution is -2.52. The molecule has 1 saturated heterocycles. The average Bonchev–Trinajstić information content (AvgIpc) is 3.32. The second-order valence-electron chi connectivity index (χ2n) is 9.93. The summed E-state index contributed by atoms with van der Waals surface area (Å²) in [4.78, 5) is 15.9. The van der Waals surface area contributed by atoms with Crippen LogP contribution in [0.4, 0.5) is 0 Å². The van der Waals surface area contributed by atoms with Gasteiger partial charge >= 0.3 is 0 Å². The predicted molar refractivity (Wildman–Crippen MR) is 141 cm³/mol. The molecular formula is C28H32N4O3S. The third-order valence-corrected chi connectivity index (χ3v) is 9.07. The van der Waals surface area contributed by atoms with Gasteiger partial charge in [-0.15, -0.1) is 0 Å². The molecule has 1 aliphatic heterocycles. The maximum absolute atomic E-state index is 13.9. The van der Waals surface area contributed by atoms with Crippen LogP contribution in [0, 0.1) is 11.3 Å². The van der Waals surface area contributed by atoms with E-state index in [4.69, 9.17) is 11.1 Å². The van der Waals surface area contributed by atoms with Gasteiger partial charge in [-0.2, -0.15) is 4.72 Å². The quantitative estimate of drug-likeness (QED) is 0.335. The van der Waals surface area contributed by atoms with Gasteiger partial charge in [0.05, 0.1) is 4.90 Å². The second kappa shape index (κ2) is 10.0. The van der Waals surface area contributed by atoms with E-state index in [1.807, 2.05) is 35.2 Å². The number of rotatable bonds is 7. The highest BCUT2D eigenvalue weighted by molar-refractivity contribution is 7.89. The smallest absolute Gasteiger partial charge is 0.241 e. The van der Waals surface area contributed by atoms with Gasteiger partial charge in [-0.25, -0.2) is 8.42 Å². The van der Waals surface area contributed by atoms with Gasteiger partial charge in [0.2, 0.25) is 15.9 Å². The highest BCUT2D eigenvalue weighted by Gasteiger charge is 2.41. The average molecular weight is 505 g/mol. The Morgan fingerprint density at radius 3 is 2.58 bits per heavy atom. The molecule has 0 bridgehead atoms. The van der Waals surface area contributed by atoms with E-state index in [0.29, 0.717) is 18.0 Å². The number of carbonyl (C=O) groups excluding carboxylic acids is 1. The van der Waals surface area contributed by atoms with Crippen LogP contribution in [0.5, 0.6) is 0 Å². The molecule has 7 nitrogen and oxygen atoms in total. The monoisotopic (exact) mass is 504 g/mol. The van der Waals surface area contributed by atoms with Gasteiger partial charge in [0.25, 0.3) is 0 Å². The molecule has 8 heteroatoms. The highest BCUT2D eigenvalue weighted by Crippen LogP contribution is 2.36. The van der Waals surface area contributed by atoms with Crippen LogP contribution in [0.3, 0.4) is 0 Å². The van der Waals surface area contributed by atoms with E-state index in [1.165, 1.54) is 6.42 Å². The molecule has 4 N–H and O–H groups in total. The fourth-order valence-corrected chi connectivity index (χ4v) is 6.97. The van der Waals surface area contributed by atoms with E-state index in [0.717, 1.165) is 42.0 Å². The fraction of sp³-hybridized carbons (Fsp3) is 0.357. The van der Waals surface area contributed by atoms with Crippen molar-refractivity contribution in [3.63, 3.8) is 0 Å². The number of nitrogens with zero attached hydrogens (tertiary/aromatic N) is 1. The van der Waals surface area contributed by atoms with Gasteiger partial charge in [-0.05, 0) is 66.1 Å². The van der Waals surface area contributed by atoms with Crippen molar-refractivity contribution in [2.75, 3.05) is 6.54 Å². The Hall–Kier alpha value is -3.23. The van der Waals surface area contributed by atoms with Crippen molar-refractivity contribution in [1.82, 2.24) is 9.62 Å². The lowest BCUT2D eigenvalue weighted by molar-refractivity contribution is -0.134. The Morgan fingerprint density at radius 1 is 1.00 bits per heavy atom. The normalized spacial score (nSPS) is 20.7. The summed E-state index contributed by atoms with van der Waals surface area (Å²) in [6.45, 7) is 0.663. The van der Waals surface area contributed by atoms with Gasteiger partial charge in [0.1, 0.15) is 11.9 Å². The first-order valence-corrected chi connectivity index (χ1v) is 14.0. The van der Waals surface area contributed by atoms with Crippen LogP contribution in [0.2, 0.25) is 0 Å². The van der Waals surface area contributed by atoms with Crippen molar-refractivity contribution in [1.29, 1.82) is 5.41 Å². The van der Waals surface area contributed by atoms with Gasteiger partial charge in [-0.1, -0.05) is 61.4 Å². The summed E-state index contributed by atoms with van der Waals surface area (Å²) in [5.74, 6) is 0.254. The number of fused-ring (bicyclic) bond motifs is 2. The zero-order valence-electron chi connectivity index (χ0n) is 20.2. The molecule has 36 heavy (non-hydrogen) atoms. The molecule has 188 valence electrons. The molecule has 2 aliphatic rings. The highest BCUT2D eigenvalue weighted by atomic mass is 32.2. The molecule has 0 spiro atoms. The van der Waals surface area contributed by atoms with Crippen molar-refractivity contribution in [3.05, 3.63) is 77.9 Å². The summed E-state index contributed by atoms with van der Waals surface area (Å²) in [7, 11) is -3.97. The van der Waals surface area contributed by atoms with E-state index < -0.39 is 16.1 Å². The molecule has 3 aromatic carbocycles. The molecule has 1 saturated carbocycles. The van der Waals surface area contributed by atoms with E-state index in [1.54, 1.807) is 36.4 Å². The first kappa shape index (κ1) is 24.5. The van der Waals surface area contributed by atoms with E-state index in [-0.39, 0.29) is 29.1 Å². The molecule has 3 aromatic rings. The molecule has 0 unspecified atom stereocenters. The zero-order chi connectivity index (χ0) is 25.3. The van der Waals surface area contributed by atoms with Gasteiger partial charge in [0, 0.05) is 18.2 Å². The Bertz CT molecular complexity index is 1400. The maximum Gasteiger partial charge on any atom is 0.241 e. The minimum Gasteiger partial charge on any atom is -0.384 e.